The topological polar surface area (TPSA) is 67.6 Å². The number of carboxylic acids is 1. The van der Waals surface area contributed by atoms with E-state index in [-0.39, 0.29) is 24.0 Å². The number of para-hydroxylation sites is 3. The third kappa shape index (κ3) is 5.65. The Balaban J connectivity index is 1.54. The van der Waals surface area contributed by atoms with Crippen LogP contribution in [0.1, 0.15) is 24.2 Å². The number of aliphatic carboxylic acids is 1. The zero-order valence-electron chi connectivity index (χ0n) is 18.3. The Hall–Kier alpha value is -3.07. The number of hydrogen-bond acceptors (Lipinski definition) is 4. The largest absolute Gasteiger partial charge is 0.573 e. The number of piperidine rings is 1. The third-order valence-electron chi connectivity index (χ3n) is 6.33. The van der Waals surface area contributed by atoms with E-state index in [1.165, 1.54) is 12.1 Å². The molecule has 1 N–H and O–H groups in total. The smallest absolute Gasteiger partial charge is 0.481 e. The molecule has 0 spiro atoms. The number of aryl methyl sites for hydroxylation is 1. The fourth-order valence-corrected chi connectivity index (χ4v) is 4.74. The molecule has 3 aromatic rings. The number of imidazole rings is 1. The lowest BCUT2D eigenvalue weighted by molar-refractivity contribution is -0.275. The predicted octanol–water partition coefficient (Wildman–Crippen LogP) is 4.63. The summed E-state index contributed by atoms with van der Waals surface area (Å²) < 4.78 is 44.6. The minimum atomic E-state index is -4.76. The van der Waals surface area contributed by atoms with Gasteiger partial charge in [0, 0.05) is 38.5 Å². The lowest BCUT2D eigenvalue weighted by Crippen LogP contribution is -2.42. The van der Waals surface area contributed by atoms with Crippen LogP contribution in [0.15, 0.2) is 48.5 Å². The Morgan fingerprint density at radius 2 is 1.88 bits per heavy atom. The molecule has 1 aromatic heterocycles. The predicted molar refractivity (Wildman–Crippen MR) is 117 cm³/mol. The first kappa shape index (κ1) is 23.1. The Bertz CT molecular complexity index is 1130. The van der Waals surface area contributed by atoms with Gasteiger partial charge in [-0.25, -0.2) is 4.98 Å². The van der Waals surface area contributed by atoms with E-state index in [1.807, 2.05) is 35.9 Å². The number of aromatic nitrogens is 2. The number of halogens is 3. The van der Waals surface area contributed by atoms with E-state index in [0.717, 1.165) is 16.9 Å². The second kappa shape index (κ2) is 9.43. The fraction of sp³-hybridized carbons (Fsp3) is 0.417. The summed E-state index contributed by atoms with van der Waals surface area (Å²) in [5.41, 5.74) is 2.34. The molecule has 1 aliphatic rings. The summed E-state index contributed by atoms with van der Waals surface area (Å²) in [6, 6.07) is 14.0. The molecule has 176 valence electrons. The molecule has 0 bridgehead atoms. The van der Waals surface area contributed by atoms with E-state index in [9.17, 15) is 23.1 Å². The maximum atomic E-state index is 12.8. The number of carboxylic acid groups (broad SMARTS) is 1. The van der Waals surface area contributed by atoms with Gasteiger partial charge < -0.3 is 14.4 Å². The first-order valence-electron chi connectivity index (χ1n) is 10.9. The minimum absolute atomic E-state index is 0.0149. The van der Waals surface area contributed by atoms with Gasteiger partial charge in [0.2, 0.25) is 0 Å². The monoisotopic (exact) mass is 461 g/mol. The molecule has 0 aliphatic carbocycles. The zero-order chi connectivity index (χ0) is 23.6. The number of hydrogen-bond donors (Lipinski definition) is 1. The van der Waals surface area contributed by atoms with Crippen molar-refractivity contribution in [1.82, 2.24) is 14.5 Å². The van der Waals surface area contributed by atoms with Crippen molar-refractivity contribution in [2.24, 2.45) is 18.9 Å². The summed E-state index contributed by atoms with van der Waals surface area (Å²) >= 11 is 0. The lowest BCUT2D eigenvalue weighted by atomic mass is 9.81. The quantitative estimate of drug-likeness (QED) is 0.556. The number of likely N-dealkylation sites (tertiary alicyclic amines) is 1. The van der Waals surface area contributed by atoms with Crippen molar-refractivity contribution in [1.29, 1.82) is 0 Å². The van der Waals surface area contributed by atoms with Crippen LogP contribution in [-0.2, 0) is 24.8 Å². The molecule has 4 rings (SSSR count). The highest BCUT2D eigenvalue weighted by atomic mass is 19.4. The molecule has 1 fully saturated rings. The van der Waals surface area contributed by atoms with Crippen LogP contribution >= 0.6 is 0 Å². The van der Waals surface area contributed by atoms with Crippen LogP contribution in [0.5, 0.6) is 5.75 Å². The van der Waals surface area contributed by atoms with Gasteiger partial charge in [0.05, 0.1) is 11.0 Å². The average molecular weight is 461 g/mol. The van der Waals surface area contributed by atoms with Crippen LogP contribution in [0.25, 0.3) is 11.0 Å². The summed E-state index contributed by atoms with van der Waals surface area (Å²) in [5, 5.41) is 9.41. The standard InChI is InChI=1S/C24H26F3N3O3/c1-29-20-8-4-3-7-19(20)28-22(29)12-18-15-30(11-10-16(18)13-23(31)32)14-17-6-2-5-9-21(17)33-24(25,26)27/h2-9,16,18H,10-15H2,1H3,(H,31,32). The van der Waals surface area contributed by atoms with Crippen molar-refractivity contribution in [2.75, 3.05) is 13.1 Å². The Labute approximate surface area is 189 Å². The van der Waals surface area contributed by atoms with Gasteiger partial charge in [-0.1, -0.05) is 30.3 Å². The first-order valence-corrected chi connectivity index (χ1v) is 10.9. The van der Waals surface area contributed by atoms with E-state index in [1.54, 1.807) is 12.1 Å². The molecule has 33 heavy (non-hydrogen) atoms. The summed E-state index contributed by atoms with van der Waals surface area (Å²) in [7, 11) is 1.95. The van der Waals surface area contributed by atoms with Crippen LogP contribution in [0.3, 0.4) is 0 Å². The second-order valence-corrected chi connectivity index (χ2v) is 8.58. The molecule has 6 nitrogen and oxygen atoms in total. The number of benzene rings is 2. The van der Waals surface area contributed by atoms with Crippen LogP contribution in [-0.4, -0.2) is 45.0 Å². The molecular weight excluding hydrogens is 435 g/mol. The second-order valence-electron chi connectivity index (χ2n) is 8.58. The molecule has 0 amide bonds. The lowest BCUT2D eigenvalue weighted by Gasteiger charge is -2.38. The van der Waals surface area contributed by atoms with Crippen molar-refractivity contribution in [3.05, 3.63) is 59.9 Å². The number of alkyl halides is 3. The van der Waals surface area contributed by atoms with E-state index >= 15 is 0 Å². The van der Waals surface area contributed by atoms with Crippen LogP contribution < -0.4 is 4.74 Å². The molecule has 2 aromatic carbocycles. The molecule has 1 aliphatic heterocycles. The molecule has 0 radical (unpaired) electrons. The molecule has 2 atom stereocenters. The molecule has 0 saturated carbocycles. The SMILES string of the molecule is Cn1c(CC2CN(Cc3ccccc3OC(F)(F)F)CCC2CC(=O)O)nc2ccccc21. The summed E-state index contributed by atoms with van der Waals surface area (Å²) in [6.45, 7) is 1.48. The summed E-state index contributed by atoms with van der Waals surface area (Å²) in [5.74, 6) is -0.183. The molecule has 1 saturated heterocycles. The van der Waals surface area contributed by atoms with Crippen molar-refractivity contribution < 1.29 is 27.8 Å². The molecule has 2 heterocycles. The van der Waals surface area contributed by atoms with E-state index < -0.39 is 12.3 Å². The molecular formula is C24H26F3N3O3. The van der Waals surface area contributed by atoms with Crippen molar-refractivity contribution in [2.45, 2.75) is 32.2 Å². The van der Waals surface area contributed by atoms with Crippen molar-refractivity contribution in [3.63, 3.8) is 0 Å². The average Bonchev–Trinajstić information content (AvgIpc) is 3.06. The van der Waals surface area contributed by atoms with Gasteiger partial charge in [0.25, 0.3) is 0 Å². The summed E-state index contributed by atoms with van der Waals surface area (Å²) in [4.78, 5) is 18.3. The van der Waals surface area contributed by atoms with E-state index in [2.05, 4.69) is 9.64 Å². The van der Waals surface area contributed by atoms with Crippen LogP contribution in [0.2, 0.25) is 0 Å². The number of rotatable bonds is 7. The molecule has 9 heteroatoms. The van der Waals surface area contributed by atoms with Gasteiger partial charge in [0.1, 0.15) is 11.6 Å². The maximum absolute atomic E-state index is 12.8. The Morgan fingerprint density at radius 1 is 1.15 bits per heavy atom. The fourth-order valence-electron chi connectivity index (χ4n) is 4.74. The Morgan fingerprint density at radius 3 is 2.61 bits per heavy atom. The normalized spacial score (nSPS) is 19.6. The van der Waals surface area contributed by atoms with Gasteiger partial charge in [-0.15, -0.1) is 13.2 Å². The Kier molecular flexibility index (Phi) is 6.60. The highest BCUT2D eigenvalue weighted by Crippen LogP contribution is 2.33. The van der Waals surface area contributed by atoms with Gasteiger partial charge in [-0.3, -0.25) is 9.69 Å². The molecule has 2 unspecified atom stereocenters. The maximum Gasteiger partial charge on any atom is 0.573 e. The van der Waals surface area contributed by atoms with Crippen molar-refractivity contribution in [3.8, 4) is 5.75 Å². The summed E-state index contributed by atoms with van der Waals surface area (Å²) in [6.07, 6.45) is -3.44. The van der Waals surface area contributed by atoms with E-state index in [4.69, 9.17) is 4.98 Å². The zero-order valence-corrected chi connectivity index (χ0v) is 18.3. The number of carbonyl (C=O) groups is 1. The van der Waals surface area contributed by atoms with Gasteiger partial charge in [0.15, 0.2) is 0 Å². The highest BCUT2D eigenvalue weighted by Gasteiger charge is 2.34. The van der Waals surface area contributed by atoms with Crippen LogP contribution in [0.4, 0.5) is 13.2 Å². The van der Waals surface area contributed by atoms with Gasteiger partial charge in [-0.05, 0) is 43.0 Å². The number of fused-ring (bicyclic) bond motifs is 1. The van der Waals surface area contributed by atoms with Gasteiger partial charge >= 0.3 is 12.3 Å². The van der Waals surface area contributed by atoms with Crippen molar-refractivity contribution >= 4 is 17.0 Å². The number of nitrogens with zero attached hydrogens (tertiary/aromatic N) is 3. The van der Waals surface area contributed by atoms with Crippen LogP contribution in [0, 0.1) is 11.8 Å². The van der Waals surface area contributed by atoms with Gasteiger partial charge in [-0.2, -0.15) is 0 Å². The first-order chi connectivity index (χ1) is 15.7. The minimum Gasteiger partial charge on any atom is -0.481 e. The third-order valence-corrected chi connectivity index (χ3v) is 6.33. The highest BCUT2D eigenvalue weighted by molar-refractivity contribution is 5.75. The number of ether oxygens (including phenoxy) is 1. The van der Waals surface area contributed by atoms with E-state index in [0.29, 0.717) is 38.0 Å².